The van der Waals surface area contributed by atoms with Crippen LogP contribution in [0.25, 0.3) is 10.2 Å². The van der Waals surface area contributed by atoms with E-state index in [1.165, 1.54) is 0 Å². The Morgan fingerprint density at radius 2 is 2.00 bits per heavy atom. The van der Waals surface area contributed by atoms with E-state index in [0.717, 1.165) is 17.4 Å². The molecule has 0 spiro atoms. The molecule has 0 fully saturated rings. The second-order valence-electron chi connectivity index (χ2n) is 4.20. The van der Waals surface area contributed by atoms with E-state index in [0.29, 0.717) is 4.70 Å². The zero-order chi connectivity index (χ0) is 13.7. The molecule has 18 heavy (non-hydrogen) atoms. The molecule has 7 heteroatoms. The second kappa shape index (κ2) is 4.28. The minimum Gasteiger partial charge on any atom is -0.375 e. The van der Waals surface area contributed by atoms with Gasteiger partial charge in [0.1, 0.15) is 0 Å². The Morgan fingerprint density at radius 3 is 2.50 bits per heavy atom. The maximum atomic E-state index is 13.0. The van der Waals surface area contributed by atoms with Crippen molar-refractivity contribution in [3.8, 4) is 0 Å². The number of alkyl halides is 3. The van der Waals surface area contributed by atoms with Crippen LogP contribution < -0.4 is 5.73 Å². The van der Waals surface area contributed by atoms with Gasteiger partial charge in [-0.15, -0.1) is 0 Å². The Morgan fingerprint density at radius 1 is 1.39 bits per heavy atom. The number of thiazole rings is 1. The molecule has 1 aromatic heterocycles. The van der Waals surface area contributed by atoms with Gasteiger partial charge in [0, 0.05) is 0 Å². The van der Waals surface area contributed by atoms with Crippen LogP contribution in [0.3, 0.4) is 0 Å². The van der Waals surface area contributed by atoms with Crippen LogP contribution in [0.5, 0.6) is 0 Å². The number of fused-ring (bicyclic) bond motifs is 1. The highest BCUT2D eigenvalue weighted by Crippen LogP contribution is 2.43. The minimum absolute atomic E-state index is 0.0379. The van der Waals surface area contributed by atoms with Gasteiger partial charge in [0.2, 0.25) is 0 Å². The normalized spacial score (nSPS) is 12.6. The average molecular weight is 295 g/mol. The van der Waals surface area contributed by atoms with Crippen molar-refractivity contribution in [3.63, 3.8) is 0 Å². The average Bonchev–Trinajstić information content (AvgIpc) is 2.57. The number of nitrogens with zero attached hydrogens (tertiary/aromatic N) is 1. The smallest absolute Gasteiger partial charge is 0.375 e. The molecular weight excluding hydrogens is 285 g/mol. The first kappa shape index (κ1) is 13.4. The summed E-state index contributed by atoms with van der Waals surface area (Å²) in [5, 5.41) is 0.254. The van der Waals surface area contributed by atoms with E-state index in [4.69, 9.17) is 17.3 Å². The molecule has 0 saturated heterocycles. The number of aromatic nitrogens is 1. The highest BCUT2D eigenvalue weighted by atomic mass is 35.5. The second-order valence-corrected chi connectivity index (χ2v) is 5.64. The first-order chi connectivity index (χ1) is 8.21. The van der Waals surface area contributed by atoms with Crippen LogP contribution in [-0.2, 0) is 6.18 Å². The van der Waals surface area contributed by atoms with Gasteiger partial charge < -0.3 is 5.73 Å². The third-order valence-electron chi connectivity index (χ3n) is 2.56. The molecule has 0 unspecified atom stereocenters. The predicted octanol–water partition coefficient (Wildman–Crippen LogP) is 4.67. The van der Waals surface area contributed by atoms with Crippen LogP contribution in [0.1, 0.15) is 30.9 Å². The summed E-state index contributed by atoms with van der Waals surface area (Å²) < 4.78 is 39.5. The summed E-state index contributed by atoms with van der Waals surface area (Å²) in [6.07, 6.45) is -4.45. The van der Waals surface area contributed by atoms with E-state index in [2.05, 4.69) is 4.98 Å². The van der Waals surface area contributed by atoms with E-state index in [-0.39, 0.29) is 27.2 Å². The lowest BCUT2D eigenvalue weighted by Gasteiger charge is -2.16. The number of hydrogen-bond acceptors (Lipinski definition) is 3. The highest BCUT2D eigenvalue weighted by Gasteiger charge is 2.36. The van der Waals surface area contributed by atoms with Gasteiger partial charge >= 0.3 is 6.18 Å². The van der Waals surface area contributed by atoms with Gasteiger partial charge in [0.25, 0.3) is 0 Å². The van der Waals surface area contributed by atoms with E-state index in [1.807, 2.05) is 0 Å². The van der Waals surface area contributed by atoms with Crippen molar-refractivity contribution in [1.82, 2.24) is 4.98 Å². The largest absolute Gasteiger partial charge is 0.416 e. The van der Waals surface area contributed by atoms with Gasteiger partial charge in [-0.05, 0) is 17.5 Å². The summed E-state index contributed by atoms with van der Waals surface area (Å²) in [7, 11) is 0. The molecule has 1 heterocycles. The van der Waals surface area contributed by atoms with Crippen molar-refractivity contribution in [2.24, 2.45) is 0 Å². The fraction of sp³-hybridized carbons (Fsp3) is 0.364. The summed E-state index contributed by atoms with van der Waals surface area (Å²) >= 11 is 6.97. The monoisotopic (exact) mass is 294 g/mol. The van der Waals surface area contributed by atoms with Gasteiger partial charge in [-0.1, -0.05) is 36.8 Å². The standard InChI is InChI=1S/C11H10ClF3N2S/c1-4(2)7-5(11(13,14)15)3-6(12)9-8(7)17-10(16)18-9/h3-4H,1-2H3,(H2,16,17). The van der Waals surface area contributed by atoms with Crippen LogP contribution in [0.15, 0.2) is 6.07 Å². The predicted molar refractivity (Wildman–Crippen MR) is 68.1 cm³/mol. The molecule has 0 bridgehead atoms. The van der Waals surface area contributed by atoms with Crippen molar-refractivity contribution in [2.75, 3.05) is 5.73 Å². The summed E-state index contributed by atoms with van der Waals surface area (Å²) in [6, 6.07) is 0.955. The summed E-state index contributed by atoms with van der Waals surface area (Å²) in [6.45, 7) is 3.38. The summed E-state index contributed by atoms with van der Waals surface area (Å²) in [4.78, 5) is 3.98. The Bertz CT molecular complexity index is 604. The van der Waals surface area contributed by atoms with Gasteiger partial charge in [-0.3, -0.25) is 0 Å². The molecule has 0 saturated carbocycles. The van der Waals surface area contributed by atoms with Gasteiger partial charge in [0.05, 0.1) is 20.8 Å². The zero-order valence-electron chi connectivity index (χ0n) is 9.60. The van der Waals surface area contributed by atoms with Crippen LogP contribution >= 0.6 is 22.9 Å². The van der Waals surface area contributed by atoms with Crippen LogP contribution in [0, 0.1) is 0 Å². The van der Waals surface area contributed by atoms with E-state index in [9.17, 15) is 13.2 Å². The maximum absolute atomic E-state index is 13.0. The SMILES string of the molecule is CC(C)c1c(C(F)(F)F)cc(Cl)c2sc(N)nc12. The molecule has 2 nitrogen and oxygen atoms in total. The molecule has 0 aliphatic rings. The lowest BCUT2D eigenvalue weighted by Crippen LogP contribution is -2.11. The number of rotatable bonds is 1. The van der Waals surface area contributed by atoms with Gasteiger partial charge in [0.15, 0.2) is 5.13 Å². The van der Waals surface area contributed by atoms with E-state index < -0.39 is 11.7 Å². The zero-order valence-corrected chi connectivity index (χ0v) is 11.2. The number of benzene rings is 1. The fourth-order valence-corrected chi connectivity index (χ4v) is 2.97. The Balaban J connectivity index is 2.91. The van der Waals surface area contributed by atoms with E-state index in [1.54, 1.807) is 13.8 Å². The first-order valence-corrected chi connectivity index (χ1v) is 6.37. The summed E-state index contributed by atoms with van der Waals surface area (Å²) in [5.74, 6) is -0.317. The Labute approximate surface area is 111 Å². The fourth-order valence-electron chi connectivity index (χ4n) is 1.90. The Hall–Kier alpha value is -1.01. The van der Waals surface area contributed by atoms with Crippen molar-refractivity contribution in [2.45, 2.75) is 25.9 Å². The molecule has 2 aromatic rings. The topological polar surface area (TPSA) is 38.9 Å². The molecule has 0 radical (unpaired) electrons. The molecular formula is C11H10ClF3N2S. The lowest BCUT2D eigenvalue weighted by atomic mass is 9.95. The van der Waals surface area contributed by atoms with Crippen molar-refractivity contribution >= 4 is 38.3 Å². The summed E-state index contributed by atoms with van der Waals surface area (Å²) in [5.41, 5.74) is 5.22. The van der Waals surface area contributed by atoms with Crippen molar-refractivity contribution in [3.05, 3.63) is 22.2 Å². The lowest BCUT2D eigenvalue weighted by molar-refractivity contribution is -0.138. The quantitative estimate of drug-likeness (QED) is 0.830. The molecule has 0 amide bonds. The van der Waals surface area contributed by atoms with E-state index >= 15 is 0 Å². The minimum atomic E-state index is -4.45. The molecule has 98 valence electrons. The molecule has 1 aromatic carbocycles. The highest BCUT2D eigenvalue weighted by molar-refractivity contribution is 7.22. The van der Waals surface area contributed by atoms with Crippen LogP contribution in [0.4, 0.5) is 18.3 Å². The Kier molecular flexibility index (Phi) is 3.19. The first-order valence-electron chi connectivity index (χ1n) is 5.17. The number of anilines is 1. The van der Waals surface area contributed by atoms with Gasteiger partial charge in [-0.2, -0.15) is 13.2 Å². The third kappa shape index (κ3) is 2.14. The number of hydrogen-bond donors (Lipinski definition) is 1. The molecule has 0 aliphatic heterocycles. The number of halogens is 4. The van der Waals surface area contributed by atoms with Crippen molar-refractivity contribution < 1.29 is 13.2 Å². The number of nitrogens with two attached hydrogens (primary N) is 1. The molecule has 2 N–H and O–H groups in total. The molecule has 0 atom stereocenters. The third-order valence-corrected chi connectivity index (χ3v) is 3.89. The maximum Gasteiger partial charge on any atom is 0.416 e. The van der Waals surface area contributed by atoms with Crippen LogP contribution in [-0.4, -0.2) is 4.98 Å². The van der Waals surface area contributed by atoms with Gasteiger partial charge in [-0.25, -0.2) is 4.98 Å². The van der Waals surface area contributed by atoms with Crippen LogP contribution in [0.2, 0.25) is 5.02 Å². The molecule has 2 rings (SSSR count). The van der Waals surface area contributed by atoms with Crippen molar-refractivity contribution in [1.29, 1.82) is 0 Å². The molecule has 0 aliphatic carbocycles. The number of nitrogen functional groups attached to an aromatic ring is 1.